The van der Waals surface area contributed by atoms with Gasteiger partial charge in [0.1, 0.15) is 5.82 Å². The molecule has 0 bridgehead atoms. The van der Waals surface area contributed by atoms with Crippen molar-refractivity contribution in [2.24, 2.45) is 0 Å². The predicted octanol–water partition coefficient (Wildman–Crippen LogP) is 3.98. The molecule has 0 radical (unpaired) electrons. The number of hydrogen-bond acceptors (Lipinski definition) is 2. The monoisotopic (exact) mass is 264 g/mol. The molecule has 0 aliphatic heterocycles. The molecule has 0 aliphatic carbocycles. The molecule has 0 atom stereocenters. The number of benzene rings is 2. The molecule has 0 aliphatic rings. The lowest BCUT2D eigenvalue weighted by Crippen LogP contribution is -2.01. The van der Waals surface area contributed by atoms with Crippen molar-refractivity contribution in [3.8, 4) is 0 Å². The minimum absolute atomic E-state index is 0.242. The quantitative estimate of drug-likeness (QED) is 0.823. The molecular formula is C14H14ClFN2. The van der Waals surface area contributed by atoms with Gasteiger partial charge in [-0.1, -0.05) is 11.6 Å². The molecule has 0 saturated carbocycles. The molecule has 4 heteroatoms. The molecule has 0 aromatic heterocycles. The van der Waals surface area contributed by atoms with Crippen molar-refractivity contribution in [3.05, 3.63) is 58.4 Å². The molecule has 3 N–H and O–H groups in total. The molecule has 2 aromatic carbocycles. The van der Waals surface area contributed by atoms with Crippen LogP contribution in [0.4, 0.5) is 15.8 Å². The zero-order chi connectivity index (χ0) is 13.1. The molecule has 2 aromatic rings. The number of hydrogen-bond donors (Lipinski definition) is 2. The summed E-state index contributed by atoms with van der Waals surface area (Å²) in [4.78, 5) is 0. The highest BCUT2D eigenvalue weighted by molar-refractivity contribution is 6.31. The molecule has 2 rings (SSSR count). The number of nitrogen functional groups attached to an aromatic ring is 1. The molecule has 94 valence electrons. The summed E-state index contributed by atoms with van der Waals surface area (Å²) in [5, 5.41) is 3.74. The van der Waals surface area contributed by atoms with Gasteiger partial charge >= 0.3 is 0 Å². The van der Waals surface area contributed by atoms with Gasteiger partial charge in [-0.05, 0) is 54.4 Å². The van der Waals surface area contributed by atoms with E-state index in [4.69, 9.17) is 17.3 Å². The fraction of sp³-hybridized carbons (Fsp3) is 0.143. The smallest absolute Gasteiger partial charge is 0.126 e. The van der Waals surface area contributed by atoms with Gasteiger partial charge in [-0.3, -0.25) is 0 Å². The van der Waals surface area contributed by atoms with Crippen LogP contribution in [0.1, 0.15) is 11.1 Å². The van der Waals surface area contributed by atoms with Crippen LogP contribution < -0.4 is 11.1 Å². The second kappa shape index (κ2) is 5.27. The van der Waals surface area contributed by atoms with Gasteiger partial charge in [0.05, 0.1) is 0 Å². The number of halogens is 2. The van der Waals surface area contributed by atoms with Crippen LogP contribution in [0.15, 0.2) is 36.4 Å². The van der Waals surface area contributed by atoms with Crippen LogP contribution in [0.25, 0.3) is 0 Å². The lowest BCUT2D eigenvalue weighted by Gasteiger charge is -2.09. The molecule has 0 unspecified atom stereocenters. The van der Waals surface area contributed by atoms with E-state index in [1.807, 2.05) is 12.1 Å². The Balaban J connectivity index is 2.10. The van der Waals surface area contributed by atoms with E-state index in [1.54, 1.807) is 25.1 Å². The third kappa shape index (κ3) is 2.93. The van der Waals surface area contributed by atoms with E-state index < -0.39 is 0 Å². The summed E-state index contributed by atoms with van der Waals surface area (Å²) in [6.07, 6.45) is 0. The van der Waals surface area contributed by atoms with Crippen LogP contribution in [0.5, 0.6) is 0 Å². The first-order valence-electron chi connectivity index (χ1n) is 5.60. The van der Waals surface area contributed by atoms with E-state index >= 15 is 0 Å². The number of aryl methyl sites for hydroxylation is 1. The van der Waals surface area contributed by atoms with Crippen molar-refractivity contribution < 1.29 is 4.39 Å². The van der Waals surface area contributed by atoms with Gasteiger partial charge in [0.2, 0.25) is 0 Å². The average molecular weight is 265 g/mol. The molecule has 0 amide bonds. The Hall–Kier alpha value is -1.74. The third-order valence-corrected chi connectivity index (χ3v) is 3.07. The second-order valence-electron chi connectivity index (χ2n) is 4.17. The first-order chi connectivity index (χ1) is 8.56. The molecule has 18 heavy (non-hydrogen) atoms. The summed E-state index contributed by atoms with van der Waals surface area (Å²) >= 11 is 6.07. The van der Waals surface area contributed by atoms with Crippen molar-refractivity contribution in [2.45, 2.75) is 13.5 Å². The van der Waals surface area contributed by atoms with Gasteiger partial charge in [-0.25, -0.2) is 4.39 Å². The van der Waals surface area contributed by atoms with E-state index in [-0.39, 0.29) is 5.82 Å². The van der Waals surface area contributed by atoms with Crippen LogP contribution in [-0.2, 0) is 6.54 Å². The highest BCUT2D eigenvalue weighted by Gasteiger charge is 2.05. The largest absolute Gasteiger partial charge is 0.399 e. The summed E-state index contributed by atoms with van der Waals surface area (Å²) in [6, 6.07) is 10.4. The van der Waals surface area contributed by atoms with Crippen LogP contribution in [0, 0.1) is 12.7 Å². The molecule has 0 saturated heterocycles. The summed E-state index contributed by atoms with van der Waals surface area (Å²) in [7, 11) is 0. The number of rotatable bonds is 3. The Labute approximate surface area is 111 Å². The van der Waals surface area contributed by atoms with Gasteiger partial charge in [-0.15, -0.1) is 0 Å². The van der Waals surface area contributed by atoms with Crippen molar-refractivity contribution >= 4 is 23.0 Å². The molecule has 2 nitrogen and oxygen atoms in total. The SMILES string of the molecule is Cc1cc(Cl)c(CNc2ccc(N)cc2)cc1F. The highest BCUT2D eigenvalue weighted by Crippen LogP contribution is 2.21. The summed E-state index contributed by atoms with van der Waals surface area (Å²) in [5.74, 6) is -0.242. The molecule has 0 fully saturated rings. The average Bonchev–Trinajstić information content (AvgIpc) is 2.34. The Bertz CT molecular complexity index is 552. The topological polar surface area (TPSA) is 38.0 Å². The van der Waals surface area contributed by atoms with E-state index in [1.165, 1.54) is 6.07 Å². The zero-order valence-corrected chi connectivity index (χ0v) is 10.8. The van der Waals surface area contributed by atoms with Crippen LogP contribution in [0.3, 0.4) is 0 Å². The maximum Gasteiger partial charge on any atom is 0.126 e. The summed E-state index contributed by atoms with van der Waals surface area (Å²) < 4.78 is 13.4. The maximum atomic E-state index is 13.4. The van der Waals surface area contributed by atoms with Gasteiger partial charge in [0.15, 0.2) is 0 Å². The predicted molar refractivity (Wildman–Crippen MR) is 74.3 cm³/mol. The van der Waals surface area contributed by atoms with Gasteiger partial charge in [-0.2, -0.15) is 0 Å². The Morgan fingerprint density at radius 1 is 1.22 bits per heavy atom. The number of anilines is 2. The van der Waals surface area contributed by atoms with Crippen molar-refractivity contribution in [1.29, 1.82) is 0 Å². The normalized spacial score (nSPS) is 10.4. The minimum Gasteiger partial charge on any atom is -0.399 e. The zero-order valence-electron chi connectivity index (χ0n) is 10.0. The third-order valence-electron chi connectivity index (χ3n) is 2.72. The Morgan fingerprint density at radius 3 is 2.56 bits per heavy atom. The van der Waals surface area contributed by atoms with E-state index in [9.17, 15) is 4.39 Å². The second-order valence-corrected chi connectivity index (χ2v) is 4.58. The first kappa shape index (κ1) is 12.7. The van der Waals surface area contributed by atoms with Crippen LogP contribution >= 0.6 is 11.6 Å². The lowest BCUT2D eigenvalue weighted by molar-refractivity contribution is 0.616. The standard InChI is InChI=1S/C14H14ClFN2/c1-9-6-13(15)10(7-14(9)16)8-18-12-4-2-11(17)3-5-12/h2-7,18H,8,17H2,1H3. The van der Waals surface area contributed by atoms with Crippen LogP contribution in [0.2, 0.25) is 5.02 Å². The summed E-state index contributed by atoms with van der Waals surface area (Å²) in [6.45, 7) is 2.17. The van der Waals surface area contributed by atoms with E-state index in [0.29, 0.717) is 22.8 Å². The fourth-order valence-corrected chi connectivity index (χ4v) is 1.91. The molecular weight excluding hydrogens is 251 g/mol. The van der Waals surface area contributed by atoms with Gasteiger partial charge < -0.3 is 11.1 Å². The maximum absolute atomic E-state index is 13.4. The molecule has 0 heterocycles. The van der Waals surface area contributed by atoms with Crippen molar-refractivity contribution in [1.82, 2.24) is 0 Å². The minimum atomic E-state index is -0.242. The lowest BCUT2D eigenvalue weighted by atomic mass is 10.1. The number of nitrogens with two attached hydrogens (primary N) is 1. The number of nitrogens with one attached hydrogen (secondary N) is 1. The van der Waals surface area contributed by atoms with E-state index in [0.717, 1.165) is 11.3 Å². The molecule has 0 spiro atoms. The Kier molecular flexibility index (Phi) is 3.72. The van der Waals surface area contributed by atoms with Crippen molar-refractivity contribution in [3.63, 3.8) is 0 Å². The van der Waals surface area contributed by atoms with Crippen LogP contribution in [-0.4, -0.2) is 0 Å². The van der Waals surface area contributed by atoms with Gasteiger partial charge in [0, 0.05) is 22.9 Å². The van der Waals surface area contributed by atoms with Gasteiger partial charge in [0.25, 0.3) is 0 Å². The fourth-order valence-electron chi connectivity index (χ4n) is 1.62. The highest BCUT2D eigenvalue weighted by atomic mass is 35.5. The van der Waals surface area contributed by atoms with Crippen molar-refractivity contribution in [2.75, 3.05) is 11.1 Å². The summed E-state index contributed by atoms with van der Waals surface area (Å²) in [5.41, 5.74) is 8.51. The first-order valence-corrected chi connectivity index (χ1v) is 5.98. The van der Waals surface area contributed by atoms with E-state index in [2.05, 4.69) is 5.32 Å². The Morgan fingerprint density at radius 2 is 1.89 bits per heavy atom.